The Labute approximate surface area is 244 Å². The smallest absolute Gasteiger partial charge is 0.338 e. The van der Waals surface area contributed by atoms with Crippen molar-refractivity contribution >= 4 is 29.1 Å². The van der Waals surface area contributed by atoms with Crippen molar-refractivity contribution < 1.29 is 37.4 Å². The van der Waals surface area contributed by atoms with Crippen LogP contribution in [0.1, 0.15) is 43.1 Å². The van der Waals surface area contributed by atoms with Crippen LogP contribution in [-0.2, 0) is 19.2 Å². The number of carboxylic acid groups (broad SMARTS) is 1. The zero-order valence-electron chi connectivity index (χ0n) is 23.4. The van der Waals surface area contributed by atoms with Gasteiger partial charge in [0.1, 0.15) is 12.1 Å². The molecule has 2 saturated heterocycles. The van der Waals surface area contributed by atoms with Gasteiger partial charge in [-0.05, 0) is 33.8 Å². The van der Waals surface area contributed by atoms with E-state index in [-0.39, 0.29) is 37.6 Å². The molecule has 15 heteroatoms. The number of carboxylic acids is 1. The normalized spacial score (nSPS) is 24.4. The summed E-state index contributed by atoms with van der Waals surface area (Å²) in [5, 5.41) is 16.0. The lowest BCUT2D eigenvalue weighted by atomic mass is 9.92. The molecule has 0 aromatic carbocycles. The number of nitrogens with zero attached hydrogens (tertiary/aromatic N) is 5. The minimum atomic E-state index is -3.24. The Morgan fingerprint density at radius 3 is 2.74 bits per heavy atom. The molecule has 3 atom stereocenters. The van der Waals surface area contributed by atoms with Crippen molar-refractivity contribution in [1.29, 1.82) is 0 Å². The molecule has 2 N–H and O–H groups in total. The van der Waals surface area contributed by atoms with E-state index in [1.54, 1.807) is 25.4 Å². The third-order valence-electron chi connectivity index (χ3n) is 7.54. The van der Waals surface area contributed by atoms with Crippen molar-refractivity contribution in [3.63, 3.8) is 0 Å². The number of carbonyl (C=O) groups is 2. The lowest BCUT2D eigenvalue weighted by Gasteiger charge is -2.31. The molecule has 3 aliphatic rings. The SMILES string of the molecule is CCOC(=O)C1=C(CN2CC(F)(F)C3C2CON3CC(C)(C)C(=O)O)NC(c2nccs2)=NC1c1ccc(F)nc1C. The van der Waals surface area contributed by atoms with Crippen molar-refractivity contribution in [1.82, 2.24) is 25.2 Å². The van der Waals surface area contributed by atoms with Crippen LogP contribution in [-0.4, -0.2) is 93.7 Å². The van der Waals surface area contributed by atoms with E-state index in [2.05, 4.69) is 15.3 Å². The summed E-state index contributed by atoms with van der Waals surface area (Å²) in [4.78, 5) is 45.2. The number of ether oxygens (including phenoxy) is 1. The Bertz CT molecular complexity index is 1430. The van der Waals surface area contributed by atoms with Gasteiger partial charge in [-0.25, -0.2) is 23.5 Å². The van der Waals surface area contributed by atoms with Crippen molar-refractivity contribution in [2.75, 3.05) is 32.8 Å². The highest BCUT2D eigenvalue weighted by Gasteiger charge is 2.61. The van der Waals surface area contributed by atoms with Crippen LogP contribution >= 0.6 is 11.3 Å². The number of alkyl halides is 2. The minimum Gasteiger partial charge on any atom is -0.481 e. The third-order valence-corrected chi connectivity index (χ3v) is 8.32. The molecule has 42 heavy (non-hydrogen) atoms. The number of hydroxylamine groups is 2. The second-order valence-electron chi connectivity index (χ2n) is 11.0. The topological polar surface area (TPSA) is 129 Å². The van der Waals surface area contributed by atoms with Gasteiger partial charge in [0.2, 0.25) is 5.95 Å². The molecule has 2 aromatic rings. The van der Waals surface area contributed by atoms with Gasteiger partial charge in [0.25, 0.3) is 5.92 Å². The van der Waals surface area contributed by atoms with Gasteiger partial charge in [0, 0.05) is 41.6 Å². The van der Waals surface area contributed by atoms with E-state index in [0.29, 0.717) is 22.1 Å². The molecule has 3 unspecified atom stereocenters. The number of halogens is 3. The molecule has 5 heterocycles. The fraction of sp³-hybridized carbons (Fsp3) is 0.519. The van der Waals surface area contributed by atoms with Crippen LogP contribution in [0, 0.1) is 18.3 Å². The molecule has 11 nitrogen and oxygen atoms in total. The average Bonchev–Trinajstić information content (AvgIpc) is 3.63. The Morgan fingerprint density at radius 2 is 2.10 bits per heavy atom. The minimum absolute atomic E-state index is 0.0562. The van der Waals surface area contributed by atoms with Gasteiger partial charge in [-0.2, -0.15) is 9.45 Å². The molecule has 0 saturated carbocycles. The maximum absolute atomic E-state index is 15.5. The summed E-state index contributed by atoms with van der Waals surface area (Å²) < 4.78 is 50.3. The van der Waals surface area contributed by atoms with Gasteiger partial charge in [-0.1, -0.05) is 6.07 Å². The number of amidine groups is 1. The summed E-state index contributed by atoms with van der Waals surface area (Å²) in [6.45, 7) is 5.10. The predicted octanol–water partition coefficient (Wildman–Crippen LogP) is 2.94. The molecule has 0 aliphatic carbocycles. The zero-order chi connectivity index (χ0) is 30.4. The van der Waals surface area contributed by atoms with E-state index in [1.807, 2.05) is 0 Å². The number of thiazole rings is 1. The molecule has 0 spiro atoms. The monoisotopic (exact) mass is 608 g/mol. The second kappa shape index (κ2) is 11.4. The third kappa shape index (κ3) is 5.65. The first-order chi connectivity index (χ1) is 19.8. The van der Waals surface area contributed by atoms with Crippen molar-refractivity contribution in [3.05, 3.63) is 57.2 Å². The molecular weight excluding hydrogens is 577 g/mol. The number of nitrogens with one attached hydrogen (secondary N) is 1. The van der Waals surface area contributed by atoms with Crippen LogP contribution in [0.25, 0.3) is 0 Å². The van der Waals surface area contributed by atoms with E-state index in [1.165, 1.54) is 42.2 Å². The first kappa shape index (κ1) is 30.1. The molecule has 5 rings (SSSR count). The van der Waals surface area contributed by atoms with Gasteiger partial charge in [-0.3, -0.25) is 19.5 Å². The summed E-state index contributed by atoms with van der Waals surface area (Å²) in [7, 11) is 0. The maximum Gasteiger partial charge on any atom is 0.338 e. The average molecular weight is 609 g/mol. The Morgan fingerprint density at radius 1 is 1.33 bits per heavy atom. The molecule has 0 amide bonds. The molecule has 2 aromatic heterocycles. The number of aryl methyl sites for hydroxylation is 1. The Hall–Kier alpha value is -3.40. The van der Waals surface area contributed by atoms with Crippen LogP contribution in [0.2, 0.25) is 0 Å². The summed E-state index contributed by atoms with van der Waals surface area (Å²) in [5.74, 6) is -5.45. The van der Waals surface area contributed by atoms with E-state index in [4.69, 9.17) is 14.6 Å². The Kier molecular flexibility index (Phi) is 8.13. The number of aliphatic carboxylic acids is 1. The summed E-state index contributed by atoms with van der Waals surface area (Å²) in [6.07, 6.45) is 1.59. The quantitative estimate of drug-likeness (QED) is 0.324. The van der Waals surface area contributed by atoms with Crippen LogP contribution in [0.4, 0.5) is 13.2 Å². The number of hydrogen-bond acceptors (Lipinski definition) is 11. The number of fused-ring (bicyclic) bond motifs is 1. The van der Waals surface area contributed by atoms with Crippen molar-refractivity contribution in [3.8, 4) is 0 Å². The largest absolute Gasteiger partial charge is 0.481 e. The van der Waals surface area contributed by atoms with Gasteiger partial charge in [0.05, 0.1) is 36.8 Å². The van der Waals surface area contributed by atoms with Gasteiger partial charge in [0.15, 0.2) is 10.8 Å². The first-order valence-electron chi connectivity index (χ1n) is 13.3. The zero-order valence-corrected chi connectivity index (χ0v) is 24.3. The molecule has 226 valence electrons. The fourth-order valence-electron chi connectivity index (χ4n) is 5.47. The highest BCUT2D eigenvalue weighted by molar-refractivity contribution is 7.11. The number of rotatable bonds is 9. The maximum atomic E-state index is 15.5. The first-order valence-corrected chi connectivity index (χ1v) is 14.2. The molecular formula is C27H31F3N6O5S. The number of esters is 1. The second-order valence-corrected chi connectivity index (χ2v) is 11.9. The highest BCUT2D eigenvalue weighted by atomic mass is 32.1. The van der Waals surface area contributed by atoms with E-state index in [0.717, 1.165) is 5.06 Å². The fourth-order valence-corrected chi connectivity index (χ4v) is 6.05. The Balaban J connectivity index is 1.54. The number of aromatic nitrogens is 2. The van der Waals surface area contributed by atoms with Crippen LogP contribution in [0.15, 0.2) is 40.0 Å². The van der Waals surface area contributed by atoms with Crippen LogP contribution in [0.5, 0.6) is 0 Å². The predicted molar refractivity (Wildman–Crippen MR) is 145 cm³/mol. The van der Waals surface area contributed by atoms with Crippen molar-refractivity contribution in [2.24, 2.45) is 10.4 Å². The van der Waals surface area contributed by atoms with E-state index < -0.39 is 53.9 Å². The number of aliphatic imine (C=N–C) groups is 1. The number of pyridine rings is 1. The van der Waals surface area contributed by atoms with E-state index in [9.17, 15) is 19.1 Å². The molecule has 0 radical (unpaired) electrons. The van der Waals surface area contributed by atoms with Crippen molar-refractivity contribution in [2.45, 2.75) is 51.7 Å². The summed E-state index contributed by atoms with van der Waals surface area (Å²) in [6, 6.07) is -0.505. The number of likely N-dealkylation sites (tertiary alicyclic amines) is 1. The summed E-state index contributed by atoms with van der Waals surface area (Å²) in [5.41, 5.74) is -0.204. The summed E-state index contributed by atoms with van der Waals surface area (Å²) >= 11 is 1.29. The number of hydrogen-bond donors (Lipinski definition) is 2. The molecule has 0 bridgehead atoms. The molecule has 2 fully saturated rings. The standard InChI is InChI=1S/C27H31F3N6O5S/c1-5-40-24(37)19-16(10-35-13-27(29,30)21-17(35)11-41-36(21)12-26(3,4)25(38)39)33-22(23-31-8-9-42-23)34-20(19)15-6-7-18(28)32-14(15)2/h6-9,17,20-21H,5,10-13H2,1-4H3,(H,33,34)(H,38,39). The van der Waals surface area contributed by atoms with Gasteiger partial charge < -0.3 is 15.2 Å². The van der Waals surface area contributed by atoms with Gasteiger partial charge in [-0.15, -0.1) is 11.3 Å². The van der Waals surface area contributed by atoms with Gasteiger partial charge >= 0.3 is 11.9 Å². The van der Waals surface area contributed by atoms with Crippen LogP contribution in [0.3, 0.4) is 0 Å². The highest BCUT2D eigenvalue weighted by Crippen LogP contribution is 2.42. The molecule has 3 aliphatic heterocycles. The van der Waals surface area contributed by atoms with Crippen LogP contribution < -0.4 is 5.32 Å². The lowest BCUT2D eigenvalue weighted by molar-refractivity contribution is -0.199. The number of carbonyl (C=O) groups excluding carboxylic acids is 1. The van der Waals surface area contributed by atoms with E-state index >= 15 is 8.78 Å². The lowest BCUT2D eigenvalue weighted by Crippen LogP contribution is -2.49.